The number of benzene rings is 1. The van der Waals surface area contributed by atoms with Gasteiger partial charge < -0.3 is 15.5 Å². The molecule has 0 saturated carbocycles. The van der Waals surface area contributed by atoms with Crippen molar-refractivity contribution in [3.05, 3.63) is 41.2 Å². The van der Waals surface area contributed by atoms with Crippen LogP contribution in [0.15, 0.2) is 24.4 Å². The first-order valence-corrected chi connectivity index (χ1v) is 6.34. The number of hydrogen-bond donors (Lipinski definition) is 3. The standard InChI is InChI=1S/C14H19N3O2/c1-3-17-10(2)12(9-16-17)8-15-7-11-4-5-13(18)6-14(11)19/h4-6,9,15,18-19H,3,7-8H2,1-2H3. The van der Waals surface area contributed by atoms with Crippen molar-refractivity contribution in [1.82, 2.24) is 15.1 Å². The lowest BCUT2D eigenvalue weighted by atomic mass is 10.2. The van der Waals surface area contributed by atoms with Crippen LogP contribution >= 0.6 is 0 Å². The van der Waals surface area contributed by atoms with Gasteiger partial charge in [0.2, 0.25) is 0 Å². The highest BCUT2D eigenvalue weighted by molar-refractivity contribution is 5.38. The molecule has 1 aromatic heterocycles. The highest BCUT2D eigenvalue weighted by Gasteiger charge is 2.06. The maximum atomic E-state index is 9.67. The number of phenolic OH excluding ortho intramolecular Hbond substituents is 2. The lowest BCUT2D eigenvalue weighted by Gasteiger charge is -2.07. The van der Waals surface area contributed by atoms with Gasteiger partial charge in [0, 0.05) is 42.5 Å². The van der Waals surface area contributed by atoms with E-state index in [0.717, 1.165) is 23.4 Å². The number of nitrogens with one attached hydrogen (secondary N) is 1. The molecule has 0 aliphatic heterocycles. The molecule has 0 spiro atoms. The second kappa shape index (κ2) is 5.75. The van der Waals surface area contributed by atoms with Crippen LogP contribution in [0.1, 0.15) is 23.7 Å². The molecule has 0 unspecified atom stereocenters. The zero-order chi connectivity index (χ0) is 13.8. The zero-order valence-corrected chi connectivity index (χ0v) is 11.2. The van der Waals surface area contributed by atoms with Crippen LogP contribution in [-0.4, -0.2) is 20.0 Å². The second-order valence-electron chi connectivity index (χ2n) is 4.49. The maximum Gasteiger partial charge on any atom is 0.123 e. The van der Waals surface area contributed by atoms with Gasteiger partial charge in [0.1, 0.15) is 11.5 Å². The van der Waals surface area contributed by atoms with Crippen LogP contribution in [0.4, 0.5) is 0 Å². The summed E-state index contributed by atoms with van der Waals surface area (Å²) in [6.07, 6.45) is 1.86. The van der Waals surface area contributed by atoms with E-state index in [0.29, 0.717) is 13.1 Å². The molecule has 0 amide bonds. The Hall–Kier alpha value is -2.01. The Labute approximate surface area is 112 Å². The minimum absolute atomic E-state index is 0.0707. The van der Waals surface area contributed by atoms with E-state index < -0.39 is 0 Å². The molecule has 0 bridgehead atoms. The summed E-state index contributed by atoms with van der Waals surface area (Å²) in [6, 6.07) is 4.62. The number of rotatable bonds is 5. The van der Waals surface area contributed by atoms with Gasteiger partial charge in [-0.1, -0.05) is 6.07 Å². The average Bonchev–Trinajstić information content (AvgIpc) is 2.73. The summed E-state index contributed by atoms with van der Waals surface area (Å²) in [6.45, 7) is 6.22. The third-order valence-corrected chi connectivity index (χ3v) is 3.20. The highest BCUT2D eigenvalue weighted by atomic mass is 16.3. The molecule has 1 heterocycles. The van der Waals surface area contributed by atoms with E-state index in [2.05, 4.69) is 17.3 Å². The smallest absolute Gasteiger partial charge is 0.123 e. The predicted molar refractivity (Wildman–Crippen MR) is 73.0 cm³/mol. The molecule has 3 N–H and O–H groups in total. The molecule has 5 heteroatoms. The Morgan fingerprint density at radius 2 is 1.95 bits per heavy atom. The second-order valence-corrected chi connectivity index (χ2v) is 4.49. The molecule has 0 aliphatic rings. The Morgan fingerprint density at radius 1 is 1.21 bits per heavy atom. The summed E-state index contributed by atoms with van der Waals surface area (Å²) < 4.78 is 1.95. The number of aryl methyl sites for hydroxylation is 1. The van der Waals surface area contributed by atoms with E-state index in [1.54, 1.807) is 12.1 Å². The van der Waals surface area contributed by atoms with Crippen molar-refractivity contribution in [3.8, 4) is 11.5 Å². The zero-order valence-electron chi connectivity index (χ0n) is 11.2. The van der Waals surface area contributed by atoms with Crippen molar-refractivity contribution in [2.24, 2.45) is 0 Å². The van der Waals surface area contributed by atoms with Crippen LogP contribution in [0.2, 0.25) is 0 Å². The van der Waals surface area contributed by atoms with Crippen LogP contribution in [0.25, 0.3) is 0 Å². The van der Waals surface area contributed by atoms with Crippen LogP contribution in [-0.2, 0) is 19.6 Å². The molecule has 0 radical (unpaired) electrons. The van der Waals surface area contributed by atoms with Gasteiger partial charge in [-0.25, -0.2) is 0 Å². The summed E-state index contributed by atoms with van der Waals surface area (Å²) in [4.78, 5) is 0. The van der Waals surface area contributed by atoms with Crippen molar-refractivity contribution >= 4 is 0 Å². The van der Waals surface area contributed by atoms with Gasteiger partial charge in [0.05, 0.1) is 6.20 Å². The van der Waals surface area contributed by atoms with E-state index in [-0.39, 0.29) is 11.5 Å². The van der Waals surface area contributed by atoms with Gasteiger partial charge in [0.15, 0.2) is 0 Å². The molecule has 0 fully saturated rings. The lowest BCUT2D eigenvalue weighted by Crippen LogP contribution is -2.13. The van der Waals surface area contributed by atoms with Gasteiger partial charge >= 0.3 is 0 Å². The molecule has 2 rings (SSSR count). The van der Waals surface area contributed by atoms with Crippen molar-refractivity contribution in [1.29, 1.82) is 0 Å². The topological polar surface area (TPSA) is 70.3 Å². The van der Waals surface area contributed by atoms with Gasteiger partial charge in [-0.15, -0.1) is 0 Å². The van der Waals surface area contributed by atoms with E-state index in [1.807, 2.05) is 17.8 Å². The maximum absolute atomic E-state index is 9.67. The Bertz CT molecular complexity index is 564. The van der Waals surface area contributed by atoms with Crippen molar-refractivity contribution in [2.75, 3.05) is 0 Å². The van der Waals surface area contributed by atoms with Crippen LogP contribution < -0.4 is 5.32 Å². The molecule has 5 nitrogen and oxygen atoms in total. The molecule has 2 aromatic rings. The van der Waals surface area contributed by atoms with E-state index in [4.69, 9.17) is 0 Å². The van der Waals surface area contributed by atoms with Crippen LogP contribution in [0, 0.1) is 6.92 Å². The van der Waals surface area contributed by atoms with Gasteiger partial charge in [-0.3, -0.25) is 4.68 Å². The van der Waals surface area contributed by atoms with Crippen LogP contribution in [0.5, 0.6) is 11.5 Å². The van der Waals surface area contributed by atoms with Crippen molar-refractivity contribution in [2.45, 2.75) is 33.5 Å². The molecular formula is C14H19N3O2. The number of aromatic hydroxyl groups is 2. The first-order chi connectivity index (χ1) is 9.11. The number of aromatic nitrogens is 2. The van der Waals surface area contributed by atoms with Crippen LogP contribution in [0.3, 0.4) is 0 Å². The summed E-state index contributed by atoms with van der Waals surface area (Å²) in [7, 11) is 0. The Balaban J connectivity index is 1.94. The lowest BCUT2D eigenvalue weighted by molar-refractivity contribution is 0.443. The largest absolute Gasteiger partial charge is 0.508 e. The Kier molecular flexibility index (Phi) is 4.06. The first-order valence-electron chi connectivity index (χ1n) is 6.34. The molecule has 0 saturated heterocycles. The minimum atomic E-state index is 0.0707. The SMILES string of the molecule is CCn1ncc(CNCc2ccc(O)cc2O)c1C. The molecule has 0 aliphatic carbocycles. The van der Waals surface area contributed by atoms with Gasteiger partial charge in [-0.05, 0) is 19.9 Å². The van der Waals surface area contributed by atoms with E-state index in [9.17, 15) is 10.2 Å². The van der Waals surface area contributed by atoms with Gasteiger partial charge in [-0.2, -0.15) is 5.10 Å². The van der Waals surface area contributed by atoms with Crippen molar-refractivity contribution in [3.63, 3.8) is 0 Å². The minimum Gasteiger partial charge on any atom is -0.508 e. The normalized spacial score (nSPS) is 10.8. The molecular weight excluding hydrogens is 242 g/mol. The monoisotopic (exact) mass is 261 g/mol. The summed E-state index contributed by atoms with van der Waals surface area (Å²) in [5, 5.41) is 26.4. The summed E-state index contributed by atoms with van der Waals surface area (Å²) in [5.74, 6) is 0.176. The number of nitrogens with zero attached hydrogens (tertiary/aromatic N) is 2. The quantitative estimate of drug-likeness (QED) is 0.769. The predicted octanol–water partition coefficient (Wildman–Crippen LogP) is 1.91. The summed E-state index contributed by atoms with van der Waals surface area (Å²) in [5.41, 5.74) is 3.07. The number of hydrogen-bond acceptors (Lipinski definition) is 4. The molecule has 1 aromatic carbocycles. The average molecular weight is 261 g/mol. The van der Waals surface area contributed by atoms with E-state index >= 15 is 0 Å². The fraction of sp³-hybridized carbons (Fsp3) is 0.357. The fourth-order valence-corrected chi connectivity index (χ4v) is 2.01. The third-order valence-electron chi connectivity index (χ3n) is 3.20. The summed E-state index contributed by atoms with van der Waals surface area (Å²) >= 11 is 0. The number of phenols is 2. The fourth-order valence-electron chi connectivity index (χ4n) is 2.01. The Morgan fingerprint density at radius 3 is 2.58 bits per heavy atom. The van der Waals surface area contributed by atoms with Crippen molar-refractivity contribution < 1.29 is 10.2 Å². The molecule has 0 atom stereocenters. The van der Waals surface area contributed by atoms with E-state index in [1.165, 1.54) is 6.07 Å². The highest BCUT2D eigenvalue weighted by Crippen LogP contribution is 2.22. The molecule has 102 valence electrons. The molecule has 19 heavy (non-hydrogen) atoms. The first kappa shape index (κ1) is 13.4. The third kappa shape index (κ3) is 3.06. The van der Waals surface area contributed by atoms with Gasteiger partial charge in [0.25, 0.3) is 0 Å².